The average molecular weight is 432 g/mol. The third-order valence-electron chi connectivity index (χ3n) is 5.57. The monoisotopic (exact) mass is 431 g/mol. The largest absolute Gasteiger partial charge is 0.487 e. The Labute approximate surface area is 182 Å². The van der Waals surface area contributed by atoms with Crippen molar-refractivity contribution in [2.45, 2.75) is 25.4 Å². The minimum Gasteiger partial charge on any atom is -0.487 e. The molecule has 160 valence electrons. The van der Waals surface area contributed by atoms with Crippen molar-refractivity contribution in [3.63, 3.8) is 0 Å². The first kappa shape index (κ1) is 22.2. The number of benzene rings is 1. The van der Waals surface area contributed by atoms with E-state index in [0.29, 0.717) is 31.6 Å². The van der Waals surface area contributed by atoms with Gasteiger partial charge in [-0.1, -0.05) is 24.3 Å². The van der Waals surface area contributed by atoms with Gasteiger partial charge in [0.25, 0.3) is 5.91 Å². The van der Waals surface area contributed by atoms with Crippen molar-refractivity contribution < 1.29 is 13.9 Å². The van der Waals surface area contributed by atoms with Crippen molar-refractivity contribution in [1.82, 2.24) is 14.8 Å². The molecule has 4 rings (SSSR count). The van der Waals surface area contributed by atoms with Crippen LogP contribution >= 0.6 is 12.4 Å². The topological polar surface area (TPSA) is 45.7 Å². The summed E-state index contributed by atoms with van der Waals surface area (Å²) in [5.41, 5.74) is 2.58. The van der Waals surface area contributed by atoms with Gasteiger partial charge in [0.2, 0.25) is 0 Å². The molecule has 2 aliphatic rings. The summed E-state index contributed by atoms with van der Waals surface area (Å²) < 4.78 is 19.6. The number of rotatable bonds is 4. The van der Waals surface area contributed by atoms with Crippen LogP contribution in [0, 0.1) is 5.82 Å². The zero-order valence-corrected chi connectivity index (χ0v) is 17.9. The predicted molar refractivity (Wildman–Crippen MR) is 118 cm³/mol. The van der Waals surface area contributed by atoms with Gasteiger partial charge in [-0.05, 0) is 43.3 Å². The molecule has 0 N–H and O–H groups in total. The number of carbonyl (C=O) groups excluding carboxylic acids is 1. The van der Waals surface area contributed by atoms with Crippen LogP contribution in [0.2, 0.25) is 0 Å². The first-order chi connectivity index (χ1) is 14.1. The van der Waals surface area contributed by atoms with Gasteiger partial charge in [0.1, 0.15) is 11.8 Å². The van der Waals surface area contributed by atoms with Crippen LogP contribution in [-0.4, -0.2) is 60.0 Å². The van der Waals surface area contributed by atoms with Gasteiger partial charge in [-0.2, -0.15) is 0 Å². The molecule has 0 aliphatic carbocycles. The third-order valence-corrected chi connectivity index (χ3v) is 5.57. The molecule has 0 unspecified atom stereocenters. The second-order valence-corrected chi connectivity index (χ2v) is 7.69. The number of halogens is 2. The van der Waals surface area contributed by atoms with E-state index in [0.717, 1.165) is 25.2 Å². The molecule has 1 amide bonds. The van der Waals surface area contributed by atoms with Crippen LogP contribution in [0.5, 0.6) is 5.75 Å². The molecular weight excluding hydrogens is 405 g/mol. The molecule has 1 aromatic heterocycles. The summed E-state index contributed by atoms with van der Waals surface area (Å²) in [4.78, 5) is 21.6. The van der Waals surface area contributed by atoms with Gasteiger partial charge in [-0.25, -0.2) is 9.37 Å². The zero-order valence-electron chi connectivity index (χ0n) is 17.1. The molecule has 1 aromatic carbocycles. The normalized spacial score (nSPS) is 17.8. The van der Waals surface area contributed by atoms with E-state index < -0.39 is 0 Å². The molecule has 30 heavy (non-hydrogen) atoms. The molecule has 0 saturated carbocycles. The van der Waals surface area contributed by atoms with Crippen LogP contribution in [0.3, 0.4) is 0 Å². The van der Waals surface area contributed by atoms with E-state index in [1.165, 1.54) is 11.6 Å². The fraction of sp³-hybridized carbons (Fsp3) is 0.391. The van der Waals surface area contributed by atoms with Gasteiger partial charge in [-0.15, -0.1) is 12.4 Å². The van der Waals surface area contributed by atoms with Crippen molar-refractivity contribution in [3.05, 3.63) is 65.7 Å². The highest BCUT2D eigenvalue weighted by molar-refractivity contribution is 5.92. The number of amides is 1. The smallest absolute Gasteiger partial charge is 0.272 e. The summed E-state index contributed by atoms with van der Waals surface area (Å²) in [5, 5.41) is 0. The van der Waals surface area contributed by atoms with Crippen molar-refractivity contribution in [2.24, 2.45) is 0 Å². The fourth-order valence-electron chi connectivity index (χ4n) is 3.79. The molecule has 0 radical (unpaired) electrons. The first-order valence-corrected chi connectivity index (χ1v) is 10.2. The van der Waals surface area contributed by atoms with E-state index in [1.807, 2.05) is 17.0 Å². The van der Waals surface area contributed by atoms with Crippen LogP contribution in [0.15, 0.2) is 48.5 Å². The van der Waals surface area contributed by atoms with Crippen LogP contribution < -0.4 is 4.74 Å². The summed E-state index contributed by atoms with van der Waals surface area (Å²) in [7, 11) is 2.10. The standard InChI is InChI=1S/C23H26FN3O2.ClH/c1-26-13-9-17(10-14-26)20-6-4-7-21(25-20)23(28)27-15-11-18(12-16-27)29-22-8-3-2-5-19(22)24;/h2-9,18H,10-16H2,1H3;1H. The lowest BCUT2D eigenvalue weighted by Gasteiger charge is -2.32. The Kier molecular flexibility index (Phi) is 7.45. The van der Waals surface area contributed by atoms with E-state index in [4.69, 9.17) is 4.74 Å². The first-order valence-electron chi connectivity index (χ1n) is 10.2. The minimum atomic E-state index is -0.352. The molecular formula is C23H27ClFN3O2. The Morgan fingerprint density at radius 3 is 2.57 bits per heavy atom. The Morgan fingerprint density at radius 1 is 1.10 bits per heavy atom. The summed E-state index contributed by atoms with van der Waals surface area (Å²) in [6, 6.07) is 12.1. The van der Waals surface area contributed by atoms with Gasteiger partial charge in [-0.3, -0.25) is 4.79 Å². The molecule has 0 spiro atoms. The number of likely N-dealkylation sites (tertiary alicyclic amines) is 1. The lowest BCUT2D eigenvalue weighted by Crippen LogP contribution is -2.42. The van der Waals surface area contributed by atoms with Crippen molar-refractivity contribution in [3.8, 4) is 5.75 Å². The van der Waals surface area contributed by atoms with Gasteiger partial charge < -0.3 is 14.5 Å². The van der Waals surface area contributed by atoms with Crippen molar-refractivity contribution >= 4 is 23.9 Å². The number of aromatic nitrogens is 1. The van der Waals surface area contributed by atoms with E-state index in [9.17, 15) is 9.18 Å². The Hall–Kier alpha value is -2.44. The zero-order chi connectivity index (χ0) is 20.2. The van der Waals surface area contributed by atoms with E-state index in [-0.39, 0.29) is 36.0 Å². The van der Waals surface area contributed by atoms with Gasteiger partial charge >= 0.3 is 0 Å². The third kappa shape index (κ3) is 5.18. The molecule has 0 atom stereocenters. The highest BCUT2D eigenvalue weighted by Crippen LogP contribution is 2.23. The van der Waals surface area contributed by atoms with Gasteiger partial charge in [0.05, 0.1) is 5.69 Å². The number of hydrogen-bond donors (Lipinski definition) is 0. The summed E-state index contributed by atoms with van der Waals surface area (Å²) in [6.45, 7) is 3.07. The predicted octanol–water partition coefficient (Wildman–Crippen LogP) is 4.05. The van der Waals surface area contributed by atoms with Gasteiger partial charge in [0.15, 0.2) is 11.6 Å². The molecule has 2 aromatic rings. The summed E-state index contributed by atoms with van der Waals surface area (Å²) in [6.07, 6.45) is 4.40. The van der Waals surface area contributed by atoms with Crippen molar-refractivity contribution in [1.29, 1.82) is 0 Å². The lowest BCUT2D eigenvalue weighted by atomic mass is 10.0. The van der Waals surface area contributed by atoms with E-state index in [2.05, 4.69) is 23.0 Å². The van der Waals surface area contributed by atoms with Crippen LogP contribution in [0.4, 0.5) is 4.39 Å². The van der Waals surface area contributed by atoms with E-state index >= 15 is 0 Å². The number of carbonyl (C=O) groups is 1. The molecule has 0 bridgehead atoms. The maximum atomic E-state index is 13.8. The Morgan fingerprint density at radius 2 is 1.87 bits per heavy atom. The molecule has 5 nitrogen and oxygen atoms in total. The fourth-order valence-corrected chi connectivity index (χ4v) is 3.79. The van der Waals surface area contributed by atoms with Crippen LogP contribution in [-0.2, 0) is 0 Å². The molecule has 1 saturated heterocycles. The second kappa shape index (κ2) is 10.0. The highest BCUT2D eigenvalue weighted by atomic mass is 35.5. The number of nitrogens with zero attached hydrogens (tertiary/aromatic N) is 3. The maximum absolute atomic E-state index is 13.8. The summed E-state index contributed by atoms with van der Waals surface area (Å²) >= 11 is 0. The Bertz CT molecular complexity index is 913. The lowest BCUT2D eigenvalue weighted by molar-refractivity contribution is 0.0583. The van der Waals surface area contributed by atoms with Crippen molar-refractivity contribution in [2.75, 3.05) is 33.2 Å². The minimum absolute atomic E-state index is 0. The Balaban J connectivity index is 0.00000256. The van der Waals surface area contributed by atoms with E-state index in [1.54, 1.807) is 24.3 Å². The molecule has 7 heteroatoms. The average Bonchev–Trinajstić information content (AvgIpc) is 2.76. The molecule has 3 heterocycles. The number of ether oxygens (including phenoxy) is 1. The number of hydrogen-bond acceptors (Lipinski definition) is 4. The second-order valence-electron chi connectivity index (χ2n) is 7.69. The molecule has 2 aliphatic heterocycles. The van der Waals surface area contributed by atoms with Crippen LogP contribution in [0.25, 0.3) is 5.57 Å². The maximum Gasteiger partial charge on any atom is 0.272 e. The number of para-hydroxylation sites is 1. The number of pyridine rings is 1. The highest BCUT2D eigenvalue weighted by Gasteiger charge is 2.26. The quantitative estimate of drug-likeness (QED) is 0.732. The van der Waals surface area contributed by atoms with Gasteiger partial charge in [0, 0.05) is 39.0 Å². The number of piperidine rings is 1. The SMILES string of the molecule is CN1CC=C(c2cccc(C(=O)N3CCC(Oc4ccccc4F)CC3)n2)CC1.Cl. The molecule has 1 fully saturated rings. The number of likely N-dealkylation sites (N-methyl/N-ethyl adjacent to an activating group) is 1. The van der Waals surface area contributed by atoms with Crippen LogP contribution in [0.1, 0.15) is 35.4 Å². The summed E-state index contributed by atoms with van der Waals surface area (Å²) in [5.74, 6) is -0.127.